The molecule has 5 nitrogen and oxygen atoms in total. The van der Waals surface area contributed by atoms with Gasteiger partial charge in [0.15, 0.2) is 0 Å². The summed E-state index contributed by atoms with van der Waals surface area (Å²) in [5.41, 5.74) is 2.46. The minimum atomic E-state index is -4.38. The maximum absolute atomic E-state index is 12.9. The van der Waals surface area contributed by atoms with Crippen molar-refractivity contribution >= 4 is 16.9 Å². The second-order valence-corrected chi connectivity index (χ2v) is 7.93. The van der Waals surface area contributed by atoms with Crippen LogP contribution in [0.5, 0.6) is 5.75 Å². The van der Waals surface area contributed by atoms with Crippen LogP contribution in [0.1, 0.15) is 22.3 Å². The summed E-state index contributed by atoms with van der Waals surface area (Å²) < 4.78 is 46.4. The van der Waals surface area contributed by atoms with E-state index in [-0.39, 0.29) is 19.7 Å². The minimum Gasteiger partial charge on any atom is -0.481 e. The number of alkyl halides is 3. The lowest BCUT2D eigenvalue weighted by atomic mass is 10.1. The number of aliphatic carboxylic acids is 1. The lowest BCUT2D eigenvalue weighted by Crippen LogP contribution is -2.20. The zero-order valence-corrected chi connectivity index (χ0v) is 18.2. The summed E-state index contributed by atoms with van der Waals surface area (Å²) in [7, 11) is 0. The summed E-state index contributed by atoms with van der Waals surface area (Å²) in [5, 5.41) is 13.1. The van der Waals surface area contributed by atoms with Gasteiger partial charge >= 0.3 is 12.1 Å². The molecular formula is C26H23F3N2O3. The molecule has 176 valence electrons. The van der Waals surface area contributed by atoms with Gasteiger partial charge in [0, 0.05) is 30.7 Å². The number of aromatic nitrogens is 1. The fourth-order valence-electron chi connectivity index (χ4n) is 3.84. The van der Waals surface area contributed by atoms with Crippen LogP contribution in [0.4, 0.5) is 13.2 Å². The third-order valence-corrected chi connectivity index (χ3v) is 5.40. The minimum absolute atomic E-state index is 0.0863. The predicted octanol–water partition coefficient (Wildman–Crippen LogP) is 5.46. The van der Waals surface area contributed by atoms with Gasteiger partial charge < -0.3 is 14.4 Å². The SMILES string of the molecule is O=C(O)Cc1cn(Cc2ccccc2)c2cc(OCNCc3cccc(C(F)(F)F)c3)ccc12. The van der Waals surface area contributed by atoms with Gasteiger partial charge in [-0.25, -0.2) is 0 Å². The number of fused-ring (bicyclic) bond motifs is 1. The van der Waals surface area contributed by atoms with Crippen molar-refractivity contribution in [2.45, 2.75) is 25.7 Å². The Hall–Kier alpha value is -3.78. The lowest BCUT2D eigenvalue weighted by molar-refractivity contribution is -0.138. The summed E-state index contributed by atoms with van der Waals surface area (Å²) in [5.74, 6) is -0.337. The molecule has 0 aliphatic carbocycles. The molecule has 0 saturated carbocycles. The Kier molecular flexibility index (Phi) is 6.88. The first kappa shape index (κ1) is 23.4. The number of hydrogen-bond acceptors (Lipinski definition) is 3. The molecular weight excluding hydrogens is 445 g/mol. The zero-order valence-electron chi connectivity index (χ0n) is 18.2. The van der Waals surface area contributed by atoms with Gasteiger partial charge in [0.2, 0.25) is 0 Å². The second kappa shape index (κ2) is 10.0. The van der Waals surface area contributed by atoms with Crippen LogP contribution in [0.25, 0.3) is 10.9 Å². The van der Waals surface area contributed by atoms with Gasteiger partial charge in [0.1, 0.15) is 12.5 Å². The van der Waals surface area contributed by atoms with Crippen molar-refractivity contribution in [1.29, 1.82) is 0 Å². The first-order valence-electron chi connectivity index (χ1n) is 10.7. The fourth-order valence-corrected chi connectivity index (χ4v) is 3.84. The van der Waals surface area contributed by atoms with E-state index in [9.17, 15) is 23.1 Å². The molecule has 8 heteroatoms. The Bertz CT molecular complexity index is 1280. The van der Waals surface area contributed by atoms with Crippen molar-refractivity contribution in [3.8, 4) is 5.75 Å². The van der Waals surface area contributed by atoms with Gasteiger partial charge in [-0.2, -0.15) is 13.2 Å². The van der Waals surface area contributed by atoms with E-state index in [1.54, 1.807) is 12.1 Å². The molecule has 4 rings (SSSR count). The molecule has 0 aliphatic rings. The molecule has 0 atom stereocenters. The van der Waals surface area contributed by atoms with E-state index < -0.39 is 17.7 Å². The third kappa shape index (κ3) is 5.77. The number of carboxylic acid groups (broad SMARTS) is 1. The average molecular weight is 468 g/mol. The molecule has 2 N–H and O–H groups in total. The smallest absolute Gasteiger partial charge is 0.416 e. The Labute approximate surface area is 194 Å². The molecule has 34 heavy (non-hydrogen) atoms. The number of benzene rings is 3. The van der Waals surface area contributed by atoms with Crippen molar-refractivity contribution in [3.05, 3.63) is 101 Å². The van der Waals surface area contributed by atoms with Crippen LogP contribution >= 0.6 is 0 Å². The van der Waals surface area contributed by atoms with E-state index in [4.69, 9.17) is 4.74 Å². The number of nitrogens with zero attached hydrogens (tertiary/aromatic N) is 1. The van der Waals surface area contributed by atoms with Crippen LogP contribution in [-0.4, -0.2) is 22.4 Å². The molecule has 0 unspecified atom stereocenters. The average Bonchev–Trinajstić information content (AvgIpc) is 3.13. The van der Waals surface area contributed by atoms with Crippen LogP contribution < -0.4 is 10.1 Å². The van der Waals surface area contributed by atoms with Crippen molar-refractivity contribution in [2.24, 2.45) is 0 Å². The molecule has 0 bridgehead atoms. The van der Waals surface area contributed by atoms with Gasteiger partial charge in [-0.1, -0.05) is 48.5 Å². The van der Waals surface area contributed by atoms with Gasteiger partial charge in [-0.15, -0.1) is 0 Å². The number of halogens is 3. The number of ether oxygens (including phenoxy) is 1. The van der Waals surface area contributed by atoms with Crippen LogP contribution in [-0.2, 0) is 30.5 Å². The summed E-state index contributed by atoms with van der Waals surface area (Å²) in [6.45, 7) is 0.899. The topological polar surface area (TPSA) is 63.5 Å². The Morgan fingerprint density at radius 3 is 2.47 bits per heavy atom. The number of rotatable bonds is 9. The van der Waals surface area contributed by atoms with E-state index in [0.717, 1.165) is 28.6 Å². The lowest BCUT2D eigenvalue weighted by Gasteiger charge is -2.11. The van der Waals surface area contributed by atoms with Gasteiger partial charge in [-0.3, -0.25) is 10.1 Å². The largest absolute Gasteiger partial charge is 0.481 e. The molecule has 0 aliphatic heterocycles. The van der Waals surface area contributed by atoms with Gasteiger partial charge in [-0.05, 0) is 34.9 Å². The second-order valence-electron chi connectivity index (χ2n) is 7.93. The van der Waals surface area contributed by atoms with Crippen molar-refractivity contribution < 1.29 is 27.8 Å². The van der Waals surface area contributed by atoms with E-state index in [1.165, 1.54) is 6.07 Å². The third-order valence-electron chi connectivity index (χ3n) is 5.40. The van der Waals surface area contributed by atoms with Crippen molar-refractivity contribution in [2.75, 3.05) is 6.73 Å². The maximum Gasteiger partial charge on any atom is 0.416 e. The predicted molar refractivity (Wildman–Crippen MR) is 123 cm³/mol. The standard InChI is InChI=1S/C26H23F3N2O3/c27-26(28,29)21-8-4-7-19(11-21)14-30-17-34-22-9-10-23-20(12-25(32)33)16-31(24(23)13-22)15-18-5-2-1-3-6-18/h1-11,13,16,30H,12,14-15,17H2,(H,32,33). The summed E-state index contributed by atoms with van der Waals surface area (Å²) in [6, 6.07) is 20.4. The Balaban J connectivity index is 1.47. The summed E-state index contributed by atoms with van der Waals surface area (Å²) in [6.07, 6.45) is -2.62. The molecule has 0 radical (unpaired) electrons. The molecule has 1 heterocycles. The van der Waals surface area contributed by atoms with Crippen LogP contribution in [0, 0.1) is 0 Å². The number of nitrogens with one attached hydrogen (secondary N) is 1. The fraction of sp³-hybridized carbons (Fsp3) is 0.192. The quantitative estimate of drug-likeness (QED) is 0.253. The Morgan fingerprint density at radius 1 is 0.971 bits per heavy atom. The van der Waals surface area contributed by atoms with Crippen molar-refractivity contribution in [1.82, 2.24) is 9.88 Å². The van der Waals surface area contributed by atoms with Gasteiger partial charge in [0.25, 0.3) is 0 Å². The number of carbonyl (C=O) groups is 1. The number of carboxylic acids is 1. The normalized spacial score (nSPS) is 11.6. The maximum atomic E-state index is 12.9. The molecule has 3 aromatic carbocycles. The number of hydrogen-bond donors (Lipinski definition) is 2. The highest BCUT2D eigenvalue weighted by Crippen LogP contribution is 2.30. The van der Waals surface area contributed by atoms with E-state index in [2.05, 4.69) is 5.32 Å². The highest BCUT2D eigenvalue weighted by molar-refractivity contribution is 5.88. The van der Waals surface area contributed by atoms with E-state index >= 15 is 0 Å². The van der Waals surface area contributed by atoms with Crippen LogP contribution in [0.2, 0.25) is 0 Å². The van der Waals surface area contributed by atoms with Crippen LogP contribution in [0.15, 0.2) is 79.0 Å². The Morgan fingerprint density at radius 2 is 1.74 bits per heavy atom. The molecule has 1 aromatic heterocycles. The van der Waals surface area contributed by atoms with E-state index in [0.29, 0.717) is 23.4 Å². The molecule has 0 spiro atoms. The molecule has 0 amide bonds. The van der Waals surface area contributed by atoms with Gasteiger partial charge in [0.05, 0.1) is 17.5 Å². The molecule has 0 fully saturated rings. The highest BCUT2D eigenvalue weighted by atomic mass is 19.4. The van der Waals surface area contributed by atoms with Crippen molar-refractivity contribution in [3.63, 3.8) is 0 Å². The molecule has 0 saturated heterocycles. The monoisotopic (exact) mass is 468 g/mol. The first-order chi connectivity index (χ1) is 16.3. The van der Waals surface area contributed by atoms with E-state index in [1.807, 2.05) is 53.2 Å². The zero-order chi connectivity index (χ0) is 24.1. The molecule has 4 aromatic rings. The first-order valence-corrected chi connectivity index (χ1v) is 10.7. The van der Waals surface area contributed by atoms with Crippen LogP contribution in [0.3, 0.4) is 0 Å². The summed E-state index contributed by atoms with van der Waals surface area (Å²) in [4.78, 5) is 11.3. The highest BCUT2D eigenvalue weighted by Gasteiger charge is 2.30. The summed E-state index contributed by atoms with van der Waals surface area (Å²) >= 11 is 0.